The Hall–Kier alpha value is -1.32. The molecule has 0 saturated heterocycles. The lowest BCUT2D eigenvalue weighted by Crippen LogP contribution is -2.51. The molecule has 4 fully saturated rings. The number of hydrogen-bond acceptors (Lipinski definition) is 4. The van der Waals surface area contributed by atoms with Gasteiger partial charge in [-0.2, -0.15) is 0 Å². The average Bonchev–Trinajstić information content (AvgIpc) is 3.23. The van der Waals surface area contributed by atoms with Crippen molar-refractivity contribution in [1.82, 2.24) is 0 Å². The average molecular weight is 445 g/mol. The Morgan fingerprint density at radius 1 is 0.750 bits per heavy atom. The Labute approximate surface area is 194 Å². The fourth-order valence-electron chi connectivity index (χ4n) is 8.87. The Balaban J connectivity index is 1.52. The van der Waals surface area contributed by atoms with Gasteiger partial charge in [0.15, 0.2) is 0 Å². The van der Waals surface area contributed by atoms with E-state index in [-0.39, 0.29) is 27.2 Å². The number of rotatable bonds is 6. The van der Waals surface area contributed by atoms with Crippen molar-refractivity contribution in [3.63, 3.8) is 0 Å². The quantitative estimate of drug-likeness (QED) is 0.200. The molecule has 0 aromatic heterocycles. The molecule has 0 spiro atoms. The maximum Gasteiger partial charge on any atom is 0.345 e. The number of carbonyl (C=O) groups excluding carboxylic acids is 2. The highest BCUT2D eigenvalue weighted by Crippen LogP contribution is 2.72. The number of esters is 2. The van der Waals surface area contributed by atoms with Crippen molar-refractivity contribution in [2.24, 2.45) is 33.5 Å². The van der Waals surface area contributed by atoms with E-state index < -0.39 is 23.1 Å². The molecular formula is C28H44O4. The SMILES string of the molecule is C=C(C(=O)OC1(CC)C[C@H]2CC[C@@]1(C)C2(C)C)C(=O)OC1(CC)C[C@H]2CC[C@@]1(C)C2(C)C. The number of fused-ring (bicyclic) bond motifs is 4. The minimum Gasteiger partial charge on any atom is -0.455 e. The van der Waals surface area contributed by atoms with Gasteiger partial charge in [0, 0.05) is 10.8 Å². The molecule has 4 aliphatic carbocycles. The van der Waals surface area contributed by atoms with Crippen LogP contribution in [0.1, 0.15) is 107 Å². The van der Waals surface area contributed by atoms with Crippen molar-refractivity contribution in [1.29, 1.82) is 0 Å². The third-order valence-electron chi connectivity index (χ3n) is 12.2. The first-order valence-electron chi connectivity index (χ1n) is 12.8. The molecule has 0 heterocycles. The second-order valence-electron chi connectivity index (χ2n) is 12.9. The second kappa shape index (κ2) is 6.85. The van der Waals surface area contributed by atoms with E-state index in [0.717, 1.165) is 38.5 Å². The predicted molar refractivity (Wildman–Crippen MR) is 126 cm³/mol. The van der Waals surface area contributed by atoms with Crippen molar-refractivity contribution in [2.75, 3.05) is 0 Å². The largest absolute Gasteiger partial charge is 0.455 e. The minimum atomic E-state index is -0.597. The van der Waals surface area contributed by atoms with Gasteiger partial charge in [-0.15, -0.1) is 0 Å². The molecule has 0 aliphatic heterocycles. The highest BCUT2D eigenvalue weighted by molar-refractivity contribution is 6.13. The molecule has 6 atom stereocenters. The highest BCUT2D eigenvalue weighted by Gasteiger charge is 2.71. The van der Waals surface area contributed by atoms with Crippen LogP contribution in [-0.2, 0) is 19.1 Å². The van der Waals surface area contributed by atoms with Crippen LogP contribution in [0.25, 0.3) is 0 Å². The van der Waals surface area contributed by atoms with Crippen LogP contribution < -0.4 is 0 Å². The summed E-state index contributed by atoms with van der Waals surface area (Å²) in [6, 6.07) is 0. The topological polar surface area (TPSA) is 52.6 Å². The smallest absolute Gasteiger partial charge is 0.345 e. The molecule has 0 aromatic carbocycles. The summed E-state index contributed by atoms with van der Waals surface area (Å²) in [7, 11) is 0. The molecule has 180 valence electrons. The Kier molecular flexibility index (Phi) is 5.10. The van der Waals surface area contributed by atoms with Gasteiger partial charge < -0.3 is 9.47 Å². The summed E-state index contributed by atoms with van der Waals surface area (Å²) in [5, 5.41) is 0. The molecule has 0 radical (unpaired) electrons. The third kappa shape index (κ3) is 2.56. The first-order chi connectivity index (χ1) is 14.7. The molecule has 2 unspecified atom stereocenters. The van der Waals surface area contributed by atoms with Gasteiger partial charge in [0.2, 0.25) is 0 Å². The summed E-state index contributed by atoms with van der Waals surface area (Å²) in [6.45, 7) is 21.8. The summed E-state index contributed by atoms with van der Waals surface area (Å²) in [6.07, 6.45) is 7.71. The number of ether oxygens (including phenoxy) is 2. The van der Waals surface area contributed by atoms with Crippen LogP contribution in [0.5, 0.6) is 0 Å². The van der Waals surface area contributed by atoms with Crippen molar-refractivity contribution in [2.45, 2.75) is 118 Å². The maximum absolute atomic E-state index is 13.2. The van der Waals surface area contributed by atoms with Gasteiger partial charge in [-0.3, -0.25) is 0 Å². The molecule has 0 aromatic rings. The van der Waals surface area contributed by atoms with Gasteiger partial charge >= 0.3 is 11.9 Å². The molecule has 4 saturated carbocycles. The van der Waals surface area contributed by atoms with Crippen molar-refractivity contribution >= 4 is 11.9 Å². The van der Waals surface area contributed by atoms with Gasteiger partial charge in [0.05, 0.1) is 0 Å². The van der Waals surface area contributed by atoms with Crippen LogP contribution in [0.3, 0.4) is 0 Å². The van der Waals surface area contributed by atoms with Gasteiger partial charge in [-0.25, -0.2) is 9.59 Å². The summed E-state index contributed by atoms with van der Waals surface area (Å²) in [4.78, 5) is 26.5. The zero-order chi connectivity index (χ0) is 24.0. The molecule has 4 nitrogen and oxygen atoms in total. The van der Waals surface area contributed by atoms with Gasteiger partial charge in [0.25, 0.3) is 0 Å². The molecular weight excluding hydrogens is 400 g/mol. The zero-order valence-corrected chi connectivity index (χ0v) is 21.7. The molecule has 4 bridgehead atoms. The highest BCUT2D eigenvalue weighted by atomic mass is 16.6. The Morgan fingerprint density at radius 2 is 1.09 bits per heavy atom. The van der Waals surface area contributed by atoms with Crippen LogP contribution in [0.4, 0.5) is 0 Å². The monoisotopic (exact) mass is 444 g/mol. The van der Waals surface area contributed by atoms with E-state index in [9.17, 15) is 9.59 Å². The van der Waals surface area contributed by atoms with Gasteiger partial charge in [0.1, 0.15) is 16.8 Å². The molecule has 0 amide bonds. The van der Waals surface area contributed by atoms with Crippen molar-refractivity contribution in [3.8, 4) is 0 Å². The van der Waals surface area contributed by atoms with E-state index in [1.165, 1.54) is 12.8 Å². The van der Waals surface area contributed by atoms with Crippen molar-refractivity contribution < 1.29 is 19.1 Å². The molecule has 0 N–H and O–H groups in total. The summed E-state index contributed by atoms with van der Waals surface area (Å²) in [5.41, 5.74) is -1.19. The second-order valence-corrected chi connectivity index (χ2v) is 12.9. The molecule has 4 aliphatic rings. The summed E-state index contributed by atoms with van der Waals surface area (Å²) < 4.78 is 12.4. The Bertz CT molecular complexity index is 787. The Morgan fingerprint density at radius 3 is 1.31 bits per heavy atom. The predicted octanol–water partition coefficient (Wildman–Crippen LogP) is 6.62. The van der Waals surface area contributed by atoms with Crippen LogP contribution in [0.2, 0.25) is 0 Å². The minimum absolute atomic E-state index is 0.0913. The van der Waals surface area contributed by atoms with E-state index in [1.54, 1.807) is 0 Å². The van der Waals surface area contributed by atoms with E-state index in [1.807, 2.05) is 0 Å². The summed E-state index contributed by atoms with van der Waals surface area (Å²) >= 11 is 0. The molecule has 4 rings (SSSR count). The molecule has 32 heavy (non-hydrogen) atoms. The normalized spacial score (nSPS) is 45.1. The molecule has 4 heteroatoms. The van der Waals surface area contributed by atoms with E-state index in [0.29, 0.717) is 11.8 Å². The van der Waals surface area contributed by atoms with E-state index >= 15 is 0 Å². The number of carbonyl (C=O) groups is 2. The lowest BCUT2D eigenvalue weighted by molar-refractivity contribution is -0.183. The first kappa shape index (κ1) is 23.8. The van der Waals surface area contributed by atoms with Gasteiger partial charge in [-0.05, 0) is 74.0 Å². The fraction of sp³-hybridized carbons (Fsp3) is 0.857. The van der Waals surface area contributed by atoms with Crippen LogP contribution >= 0.6 is 0 Å². The van der Waals surface area contributed by atoms with E-state index in [4.69, 9.17) is 9.47 Å². The van der Waals surface area contributed by atoms with Crippen LogP contribution in [0, 0.1) is 33.5 Å². The fourth-order valence-corrected chi connectivity index (χ4v) is 8.87. The summed E-state index contributed by atoms with van der Waals surface area (Å²) in [5.74, 6) is -0.111. The van der Waals surface area contributed by atoms with Crippen LogP contribution in [-0.4, -0.2) is 23.1 Å². The van der Waals surface area contributed by atoms with E-state index in [2.05, 4.69) is 62.0 Å². The zero-order valence-electron chi connectivity index (χ0n) is 21.7. The number of hydrogen-bond donors (Lipinski definition) is 0. The van der Waals surface area contributed by atoms with Gasteiger partial charge in [-0.1, -0.05) is 62.0 Å². The standard InChI is InChI=1S/C28H44O4/c1-10-27(16-19-12-14-25(27,8)23(19,4)5)31-21(29)18(3)22(30)32-28(11-2)17-20-13-15-26(28,9)24(20,6)7/h19-20H,3,10-17H2,1-2,4-9H3/t19-,20-,25+,26+,27?,28?/m1/s1. The maximum atomic E-state index is 13.2. The van der Waals surface area contributed by atoms with Crippen LogP contribution in [0.15, 0.2) is 12.2 Å². The van der Waals surface area contributed by atoms with Crippen molar-refractivity contribution in [3.05, 3.63) is 12.2 Å². The first-order valence-corrected chi connectivity index (χ1v) is 12.8. The lowest BCUT2D eigenvalue weighted by Gasteiger charge is -2.48. The third-order valence-corrected chi connectivity index (χ3v) is 12.2. The lowest BCUT2D eigenvalue weighted by atomic mass is 9.63.